The van der Waals surface area contributed by atoms with Crippen LogP contribution in [0.25, 0.3) is 0 Å². The molecular weight excluding hydrogens is 282 g/mol. The van der Waals surface area contributed by atoms with E-state index < -0.39 is 6.43 Å². The highest BCUT2D eigenvalue weighted by molar-refractivity contribution is 9.10. The topological polar surface area (TPSA) is 26.3 Å². The van der Waals surface area contributed by atoms with Gasteiger partial charge in [0.2, 0.25) is 0 Å². The molecule has 0 aliphatic rings. The maximum Gasteiger partial charge on any atom is 0.265 e. The molecule has 1 aromatic carbocycles. The first-order valence-corrected chi connectivity index (χ1v) is 5.52. The Morgan fingerprint density at radius 2 is 2.12 bits per heavy atom. The third-order valence-electron chi connectivity index (χ3n) is 2.03. The third-order valence-corrected chi connectivity index (χ3v) is 2.85. The summed E-state index contributed by atoms with van der Waals surface area (Å²) in [6.45, 7) is 3.41. The van der Waals surface area contributed by atoms with Crippen LogP contribution in [0.1, 0.15) is 36.2 Å². The van der Waals surface area contributed by atoms with Crippen molar-refractivity contribution in [2.75, 3.05) is 6.61 Å². The number of carbonyl (C=O) groups is 1. The number of benzene rings is 1. The average molecular weight is 293 g/mol. The zero-order valence-corrected chi connectivity index (χ0v) is 10.5. The quantitative estimate of drug-likeness (QED) is 0.785. The maximum atomic E-state index is 12.6. The molecule has 0 bridgehead atoms. The molecule has 0 aliphatic heterocycles. The Morgan fingerprint density at radius 1 is 1.50 bits per heavy atom. The molecule has 0 unspecified atom stereocenters. The highest BCUT2D eigenvalue weighted by Gasteiger charge is 2.20. The lowest BCUT2D eigenvalue weighted by molar-refractivity contribution is 0.101. The van der Waals surface area contributed by atoms with Crippen LogP contribution in [-0.2, 0) is 0 Å². The molecule has 0 aliphatic carbocycles. The van der Waals surface area contributed by atoms with E-state index in [1.807, 2.05) is 0 Å². The second kappa shape index (κ2) is 5.39. The number of ketones is 1. The van der Waals surface area contributed by atoms with Crippen LogP contribution in [0, 0.1) is 0 Å². The van der Waals surface area contributed by atoms with Crippen molar-refractivity contribution in [3.05, 3.63) is 27.7 Å². The second-order valence-corrected chi connectivity index (χ2v) is 3.93. The van der Waals surface area contributed by atoms with Gasteiger partial charge in [0, 0.05) is 5.56 Å². The molecule has 16 heavy (non-hydrogen) atoms. The average Bonchev–Trinajstić information content (AvgIpc) is 2.20. The molecule has 1 aromatic rings. The maximum absolute atomic E-state index is 12.6. The molecule has 0 amide bonds. The Hall–Kier alpha value is -0.970. The van der Waals surface area contributed by atoms with E-state index in [9.17, 15) is 13.6 Å². The van der Waals surface area contributed by atoms with E-state index in [0.717, 1.165) is 0 Å². The van der Waals surface area contributed by atoms with Gasteiger partial charge in [0.15, 0.2) is 5.78 Å². The van der Waals surface area contributed by atoms with Crippen molar-refractivity contribution in [3.63, 3.8) is 0 Å². The van der Waals surface area contributed by atoms with E-state index in [2.05, 4.69) is 15.9 Å². The van der Waals surface area contributed by atoms with Gasteiger partial charge in [0.1, 0.15) is 5.75 Å². The Kier molecular flexibility index (Phi) is 4.41. The van der Waals surface area contributed by atoms with Crippen molar-refractivity contribution in [1.29, 1.82) is 0 Å². The van der Waals surface area contributed by atoms with Gasteiger partial charge in [-0.3, -0.25) is 4.79 Å². The fourth-order valence-electron chi connectivity index (χ4n) is 1.30. The van der Waals surface area contributed by atoms with Crippen molar-refractivity contribution in [1.82, 2.24) is 0 Å². The number of hydrogen-bond donors (Lipinski definition) is 0. The molecular formula is C11H11BrF2O2. The normalized spacial score (nSPS) is 10.6. The smallest absolute Gasteiger partial charge is 0.265 e. The molecule has 0 atom stereocenters. The Balaban J connectivity index is 3.35. The number of ether oxygens (including phenoxy) is 1. The van der Waals surface area contributed by atoms with Crippen molar-refractivity contribution in [3.8, 4) is 5.75 Å². The van der Waals surface area contributed by atoms with Crippen molar-refractivity contribution >= 4 is 21.7 Å². The van der Waals surface area contributed by atoms with Crippen LogP contribution in [0.15, 0.2) is 16.6 Å². The molecule has 0 aromatic heterocycles. The summed E-state index contributed by atoms with van der Waals surface area (Å²) in [6, 6.07) is 2.59. The summed E-state index contributed by atoms with van der Waals surface area (Å²) >= 11 is 3.04. The van der Waals surface area contributed by atoms with Crippen LogP contribution < -0.4 is 4.74 Å². The zero-order valence-electron chi connectivity index (χ0n) is 8.89. The zero-order chi connectivity index (χ0) is 12.3. The third kappa shape index (κ3) is 2.58. The Labute approximate surface area is 101 Å². The molecule has 5 heteroatoms. The van der Waals surface area contributed by atoms with Gasteiger partial charge in [-0.15, -0.1) is 0 Å². The molecule has 0 saturated carbocycles. The van der Waals surface area contributed by atoms with Crippen LogP contribution >= 0.6 is 15.9 Å². The summed E-state index contributed by atoms with van der Waals surface area (Å²) < 4.78 is 30.6. The second-order valence-electron chi connectivity index (χ2n) is 3.14. The van der Waals surface area contributed by atoms with Gasteiger partial charge in [-0.1, -0.05) is 6.07 Å². The summed E-state index contributed by atoms with van der Waals surface area (Å²) in [5, 5.41) is 0. The molecule has 2 nitrogen and oxygen atoms in total. The SMILES string of the molecule is CCOc1c(C(C)=O)ccc(C(F)F)c1Br. The summed E-state index contributed by atoms with van der Waals surface area (Å²) in [5.74, 6) is -0.0298. The molecule has 0 N–H and O–H groups in total. The summed E-state index contributed by atoms with van der Waals surface area (Å²) in [6.07, 6.45) is -2.60. The molecule has 1 rings (SSSR count). The molecule has 88 valence electrons. The minimum Gasteiger partial charge on any atom is -0.492 e. The van der Waals surface area contributed by atoms with E-state index in [1.165, 1.54) is 19.1 Å². The predicted molar refractivity (Wildman–Crippen MR) is 60.3 cm³/mol. The van der Waals surface area contributed by atoms with E-state index in [4.69, 9.17) is 4.74 Å². The van der Waals surface area contributed by atoms with Crippen LogP contribution in [0.3, 0.4) is 0 Å². The summed E-state index contributed by atoms with van der Waals surface area (Å²) in [4.78, 5) is 11.3. The first kappa shape index (κ1) is 13.1. The van der Waals surface area contributed by atoms with Crippen LogP contribution in [0.2, 0.25) is 0 Å². The van der Waals surface area contributed by atoms with Crippen LogP contribution in [0.4, 0.5) is 8.78 Å². The van der Waals surface area contributed by atoms with E-state index in [-0.39, 0.29) is 21.6 Å². The Morgan fingerprint density at radius 3 is 2.56 bits per heavy atom. The molecule has 0 radical (unpaired) electrons. The van der Waals surface area contributed by atoms with E-state index >= 15 is 0 Å². The van der Waals surface area contributed by atoms with E-state index in [0.29, 0.717) is 12.2 Å². The van der Waals surface area contributed by atoms with Gasteiger partial charge < -0.3 is 4.74 Å². The highest BCUT2D eigenvalue weighted by atomic mass is 79.9. The van der Waals surface area contributed by atoms with Crippen molar-refractivity contribution < 1.29 is 18.3 Å². The lowest BCUT2D eigenvalue weighted by Crippen LogP contribution is -2.03. The summed E-state index contributed by atoms with van der Waals surface area (Å²) in [5.41, 5.74) is 0.131. The largest absolute Gasteiger partial charge is 0.492 e. The number of alkyl halides is 2. The first-order valence-electron chi connectivity index (χ1n) is 4.73. The number of rotatable bonds is 4. The number of carbonyl (C=O) groups excluding carboxylic acids is 1. The monoisotopic (exact) mass is 292 g/mol. The number of Topliss-reactive ketones (excluding diaryl/α,β-unsaturated/α-hetero) is 1. The van der Waals surface area contributed by atoms with Crippen molar-refractivity contribution in [2.45, 2.75) is 20.3 Å². The number of halogens is 3. The minimum atomic E-state index is -2.60. The molecule has 0 heterocycles. The molecule has 0 spiro atoms. The Bertz CT molecular complexity index is 405. The lowest BCUT2D eigenvalue weighted by Gasteiger charge is -2.13. The van der Waals surface area contributed by atoms with Gasteiger partial charge in [-0.2, -0.15) is 0 Å². The van der Waals surface area contributed by atoms with Gasteiger partial charge in [0.05, 0.1) is 16.6 Å². The minimum absolute atomic E-state index is 0.150. The van der Waals surface area contributed by atoms with Crippen LogP contribution in [0.5, 0.6) is 5.75 Å². The van der Waals surface area contributed by atoms with Gasteiger partial charge >= 0.3 is 0 Å². The van der Waals surface area contributed by atoms with Gasteiger partial charge in [-0.05, 0) is 35.8 Å². The first-order chi connectivity index (χ1) is 7.49. The van der Waals surface area contributed by atoms with E-state index in [1.54, 1.807) is 6.92 Å². The lowest BCUT2D eigenvalue weighted by atomic mass is 10.1. The molecule has 0 saturated heterocycles. The summed E-state index contributed by atoms with van der Waals surface area (Å²) in [7, 11) is 0. The van der Waals surface area contributed by atoms with Crippen LogP contribution in [-0.4, -0.2) is 12.4 Å². The number of hydrogen-bond acceptors (Lipinski definition) is 2. The van der Waals surface area contributed by atoms with Gasteiger partial charge in [0.25, 0.3) is 6.43 Å². The highest BCUT2D eigenvalue weighted by Crippen LogP contribution is 2.37. The standard InChI is InChI=1S/C11H11BrF2O2/c1-3-16-10-7(6(2)15)4-5-8(9(10)12)11(13)14/h4-5,11H,3H2,1-2H3. The predicted octanol–water partition coefficient (Wildman–Crippen LogP) is 3.99. The fourth-order valence-corrected chi connectivity index (χ4v) is 1.94. The molecule has 0 fully saturated rings. The van der Waals surface area contributed by atoms with Gasteiger partial charge in [-0.25, -0.2) is 8.78 Å². The van der Waals surface area contributed by atoms with Crippen molar-refractivity contribution in [2.24, 2.45) is 0 Å². The fraction of sp³-hybridized carbons (Fsp3) is 0.364.